The second-order valence-electron chi connectivity index (χ2n) is 9.98. The molecule has 11 heteroatoms. The molecule has 3 fully saturated rings. The van der Waals surface area contributed by atoms with Crippen LogP contribution in [0.2, 0.25) is 5.02 Å². The van der Waals surface area contributed by atoms with Gasteiger partial charge in [-0.1, -0.05) is 30.2 Å². The Hall–Kier alpha value is -2.14. The average Bonchev–Trinajstić information content (AvgIpc) is 3.32. The predicted molar refractivity (Wildman–Crippen MR) is 140 cm³/mol. The highest BCUT2D eigenvalue weighted by atomic mass is 35.5. The molecule has 0 aliphatic carbocycles. The third-order valence-corrected chi connectivity index (χ3v) is 9.85. The maximum atomic E-state index is 13.6. The second kappa shape index (κ2) is 10.7. The van der Waals surface area contributed by atoms with Crippen LogP contribution in [0.25, 0.3) is 0 Å². The number of likely N-dealkylation sites (tertiary alicyclic amines) is 2. The zero-order valence-corrected chi connectivity index (χ0v) is 22.4. The highest BCUT2D eigenvalue weighted by Crippen LogP contribution is 2.29. The lowest BCUT2D eigenvalue weighted by molar-refractivity contribution is 0.0586. The number of rotatable bonds is 5. The van der Waals surface area contributed by atoms with Gasteiger partial charge in [0.25, 0.3) is 15.9 Å². The average molecular weight is 535 g/mol. The normalized spacial score (nSPS) is 21.2. The van der Waals surface area contributed by atoms with E-state index in [9.17, 15) is 13.2 Å². The summed E-state index contributed by atoms with van der Waals surface area (Å²) in [5.41, 5.74) is 1.07. The van der Waals surface area contributed by atoms with Crippen molar-refractivity contribution in [3.63, 3.8) is 0 Å². The topological polar surface area (TPSA) is 82.0 Å². The molecule has 9 nitrogen and oxygen atoms in total. The summed E-state index contributed by atoms with van der Waals surface area (Å²) < 4.78 is 30.1. The summed E-state index contributed by atoms with van der Waals surface area (Å²) >= 11 is 6.33. The quantitative estimate of drug-likeness (QED) is 0.586. The summed E-state index contributed by atoms with van der Waals surface area (Å²) in [6.07, 6.45) is 7.22. The molecule has 0 N–H and O–H groups in total. The van der Waals surface area contributed by atoms with Gasteiger partial charge >= 0.3 is 0 Å². The van der Waals surface area contributed by atoms with Gasteiger partial charge in [-0.3, -0.25) is 9.48 Å². The van der Waals surface area contributed by atoms with E-state index in [1.807, 2.05) is 24.3 Å². The molecule has 1 aromatic carbocycles. The smallest absolute Gasteiger partial charge is 0.263 e. The van der Waals surface area contributed by atoms with Crippen LogP contribution in [0.1, 0.15) is 42.5 Å². The number of benzene rings is 1. The van der Waals surface area contributed by atoms with Crippen LogP contribution < -0.4 is 4.90 Å². The van der Waals surface area contributed by atoms with Crippen LogP contribution in [-0.2, 0) is 17.1 Å². The number of amides is 1. The zero-order chi connectivity index (χ0) is 25.3. The first-order valence-electron chi connectivity index (χ1n) is 12.9. The van der Waals surface area contributed by atoms with E-state index in [4.69, 9.17) is 11.6 Å². The maximum Gasteiger partial charge on any atom is 0.263 e. The van der Waals surface area contributed by atoms with Gasteiger partial charge in [-0.15, -0.1) is 0 Å². The molecule has 196 valence electrons. The highest BCUT2D eigenvalue weighted by Gasteiger charge is 2.37. The van der Waals surface area contributed by atoms with E-state index in [0.717, 1.165) is 31.6 Å². The first-order chi connectivity index (χ1) is 17.3. The van der Waals surface area contributed by atoms with Crippen molar-refractivity contribution in [2.75, 3.05) is 57.3 Å². The summed E-state index contributed by atoms with van der Waals surface area (Å²) in [5, 5.41) is 4.76. The number of hydrogen-bond donors (Lipinski definition) is 0. The lowest BCUT2D eigenvalue weighted by Gasteiger charge is -2.40. The third-order valence-electron chi connectivity index (χ3n) is 7.70. The summed E-state index contributed by atoms with van der Waals surface area (Å²) in [6, 6.07) is 8.09. The van der Waals surface area contributed by atoms with Crippen molar-refractivity contribution in [3.8, 4) is 0 Å². The van der Waals surface area contributed by atoms with Crippen LogP contribution in [0.3, 0.4) is 0 Å². The molecule has 0 unspecified atom stereocenters. The molecule has 0 atom stereocenters. The summed E-state index contributed by atoms with van der Waals surface area (Å²) in [5.74, 6) is -0.242. The number of halogens is 1. The van der Waals surface area contributed by atoms with E-state index in [2.05, 4.69) is 14.9 Å². The molecule has 0 radical (unpaired) electrons. The van der Waals surface area contributed by atoms with Gasteiger partial charge in [0.2, 0.25) is 5.03 Å². The molecule has 1 aromatic heterocycles. The molecule has 1 amide bonds. The van der Waals surface area contributed by atoms with Gasteiger partial charge in [0.15, 0.2) is 0 Å². The number of nitrogens with zero attached hydrogens (tertiary/aromatic N) is 6. The lowest BCUT2D eigenvalue weighted by atomic mass is 9.99. The monoisotopic (exact) mass is 534 g/mol. The molecule has 0 spiro atoms. The first-order valence-corrected chi connectivity index (χ1v) is 14.7. The van der Waals surface area contributed by atoms with Crippen LogP contribution in [0.5, 0.6) is 0 Å². The summed E-state index contributed by atoms with van der Waals surface area (Å²) in [6.45, 7) is 5.22. The van der Waals surface area contributed by atoms with E-state index < -0.39 is 10.0 Å². The van der Waals surface area contributed by atoms with Crippen molar-refractivity contribution in [2.24, 2.45) is 7.05 Å². The molecule has 0 saturated carbocycles. The van der Waals surface area contributed by atoms with Gasteiger partial charge in [-0.25, -0.2) is 8.42 Å². The van der Waals surface area contributed by atoms with Crippen molar-refractivity contribution < 1.29 is 13.2 Å². The van der Waals surface area contributed by atoms with Crippen LogP contribution >= 0.6 is 11.6 Å². The van der Waals surface area contributed by atoms with Gasteiger partial charge in [0.05, 0.1) is 16.3 Å². The number of carbonyl (C=O) groups excluding carboxylic acids is 1. The summed E-state index contributed by atoms with van der Waals surface area (Å²) in [7, 11) is -2.25. The fraction of sp³-hybridized carbons (Fsp3) is 0.600. The van der Waals surface area contributed by atoms with Gasteiger partial charge in [-0.05, 0) is 50.9 Å². The molecule has 3 aliphatic heterocycles. The van der Waals surface area contributed by atoms with E-state index in [1.165, 1.54) is 28.2 Å². The Morgan fingerprint density at radius 1 is 0.944 bits per heavy atom. The van der Waals surface area contributed by atoms with E-state index in [-0.39, 0.29) is 16.5 Å². The van der Waals surface area contributed by atoms with Crippen LogP contribution in [-0.4, -0.2) is 96.6 Å². The Kier molecular flexibility index (Phi) is 7.57. The van der Waals surface area contributed by atoms with Crippen LogP contribution in [0, 0.1) is 0 Å². The number of aryl methyl sites for hydroxylation is 1. The van der Waals surface area contributed by atoms with Crippen molar-refractivity contribution >= 4 is 33.2 Å². The SMILES string of the molecule is Cn1cc(C(=O)N2CCC(N3CCCCC3)CC2)c(S(=O)(=O)N2CCN(c3ccccc3Cl)CC2)n1. The van der Waals surface area contributed by atoms with E-state index in [0.29, 0.717) is 50.3 Å². The fourth-order valence-corrected chi connectivity index (χ4v) is 7.49. The number of carbonyl (C=O) groups is 1. The molecule has 3 saturated heterocycles. The third kappa shape index (κ3) is 5.14. The minimum atomic E-state index is -3.91. The largest absolute Gasteiger partial charge is 0.368 e. The highest BCUT2D eigenvalue weighted by molar-refractivity contribution is 7.89. The number of hydrogen-bond acceptors (Lipinski definition) is 6. The molecule has 5 rings (SSSR count). The van der Waals surface area contributed by atoms with E-state index >= 15 is 0 Å². The summed E-state index contributed by atoms with van der Waals surface area (Å²) in [4.78, 5) is 19.9. The number of piperazine rings is 1. The van der Waals surface area contributed by atoms with Gasteiger partial charge in [-0.2, -0.15) is 9.40 Å². The molecular weight excluding hydrogens is 500 g/mol. The molecule has 3 aliphatic rings. The Morgan fingerprint density at radius 2 is 1.61 bits per heavy atom. The molecular formula is C25H35ClN6O3S. The number of sulfonamides is 1. The Labute approximate surface area is 218 Å². The Bertz CT molecular complexity index is 1180. The van der Waals surface area contributed by atoms with E-state index in [1.54, 1.807) is 18.1 Å². The van der Waals surface area contributed by atoms with Crippen LogP contribution in [0.15, 0.2) is 35.5 Å². The Morgan fingerprint density at radius 3 is 2.28 bits per heavy atom. The Balaban J connectivity index is 1.26. The minimum absolute atomic E-state index is 0.139. The molecule has 2 aromatic rings. The van der Waals surface area contributed by atoms with Gasteiger partial charge < -0.3 is 14.7 Å². The number of aromatic nitrogens is 2. The van der Waals surface area contributed by atoms with Crippen molar-refractivity contribution in [1.82, 2.24) is 23.9 Å². The number of para-hydroxylation sites is 1. The minimum Gasteiger partial charge on any atom is -0.368 e. The number of piperidine rings is 2. The molecule has 4 heterocycles. The van der Waals surface area contributed by atoms with Gasteiger partial charge in [0, 0.05) is 58.6 Å². The van der Waals surface area contributed by atoms with Crippen molar-refractivity contribution in [1.29, 1.82) is 0 Å². The fourth-order valence-electron chi connectivity index (χ4n) is 5.69. The zero-order valence-electron chi connectivity index (χ0n) is 20.9. The van der Waals surface area contributed by atoms with Crippen LogP contribution in [0.4, 0.5) is 5.69 Å². The van der Waals surface area contributed by atoms with Crippen molar-refractivity contribution in [2.45, 2.75) is 43.2 Å². The van der Waals surface area contributed by atoms with Crippen molar-refractivity contribution in [3.05, 3.63) is 41.0 Å². The lowest BCUT2D eigenvalue weighted by Crippen LogP contribution is -2.49. The van der Waals surface area contributed by atoms with Gasteiger partial charge in [0.1, 0.15) is 0 Å². The second-order valence-corrected chi connectivity index (χ2v) is 12.2. The number of anilines is 1. The molecule has 36 heavy (non-hydrogen) atoms. The first kappa shape index (κ1) is 25.5. The maximum absolute atomic E-state index is 13.6. The standard InChI is InChI=1S/C25H35ClN6O3S/c1-28-19-21(25(33)31-13-9-20(10-14-31)29-11-5-2-6-12-29)24(27-28)36(34,35)32-17-15-30(16-18-32)23-8-4-3-7-22(23)26/h3-4,7-8,19-20H,2,5-6,9-18H2,1H3. The predicted octanol–water partition coefficient (Wildman–Crippen LogP) is 2.67. The molecule has 0 bridgehead atoms.